The summed E-state index contributed by atoms with van der Waals surface area (Å²) < 4.78 is 0. The van der Waals surface area contributed by atoms with E-state index in [4.69, 9.17) is 4.79 Å². The molecule has 8 heteroatoms. The van der Waals surface area contributed by atoms with E-state index in [0.717, 1.165) is 34.2 Å². The number of rotatable bonds is 7. The molecular weight excluding hydrogens is 486 g/mol. The van der Waals surface area contributed by atoms with Crippen LogP contribution in [-0.4, -0.2) is 58.3 Å². The van der Waals surface area contributed by atoms with Gasteiger partial charge in [0.1, 0.15) is 6.79 Å². The van der Waals surface area contributed by atoms with Crippen molar-refractivity contribution in [2.24, 2.45) is 0 Å². The number of pyridine rings is 2. The van der Waals surface area contributed by atoms with Crippen molar-refractivity contribution in [3.05, 3.63) is 90.1 Å². The van der Waals surface area contributed by atoms with Gasteiger partial charge in [-0.25, -0.2) is 9.97 Å². The molecule has 1 unspecified atom stereocenters. The highest BCUT2D eigenvalue weighted by molar-refractivity contribution is 5.64. The van der Waals surface area contributed by atoms with Crippen LogP contribution in [0.3, 0.4) is 0 Å². The Kier molecular flexibility index (Phi) is 11.5. The van der Waals surface area contributed by atoms with E-state index < -0.39 is 0 Å². The molecule has 3 aromatic heterocycles. The largest absolute Gasteiger partial charge is 0.387 e. The summed E-state index contributed by atoms with van der Waals surface area (Å²) in [5.74, 6) is 1.30. The molecule has 1 aliphatic rings. The van der Waals surface area contributed by atoms with Gasteiger partial charge in [0.05, 0.1) is 29.0 Å². The zero-order chi connectivity index (χ0) is 28.0. The molecule has 0 spiro atoms. The van der Waals surface area contributed by atoms with Gasteiger partial charge in [-0.05, 0) is 75.5 Å². The van der Waals surface area contributed by atoms with Gasteiger partial charge in [-0.2, -0.15) is 0 Å². The summed E-state index contributed by atoms with van der Waals surface area (Å²) in [6.45, 7) is 12.2. The number of aromatic nitrogens is 4. The monoisotopic (exact) mass is 525 g/mol. The molecule has 0 aliphatic carbocycles. The van der Waals surface area contributed by atoms with E-state index in [2.05, 4.69) is 73.6 Å². The predicted octanol–water partition coefficient (Wildman–Crippen LogP) is 6.04. The fourth-order valence-corrected chi connectivity index (χ4v) is 4.47. The zero-order valence-corrected chi connectivity index (χ0v) is 23.4. The molecule has 1 aliphatic heterocycles. The molecule has 1 aromatic carbocycles. The molecule has 8 nitrogen and oxygen atoms in total. The Balaban J connectivity index is 0.000000216. The van der Waals surface area contributed by atoms with E-state index >= 15 is 0 Å². The lowest BCUT2D eigenvalue weighted by Crippen LogP contribution is -2.20. The maximum Gasteiger partial charge on any atom is 0.227 e. The van der Waals surface area contributed by atoms with Crippen molar-refractivity contribution in [1.82, 2.24) is 24.8 Å². The van der Waals surface area contributed by atoms with Gasteiger partial charge in [0.15, 0.2) is 0 Å². The van der Waals surface area contributed by atoms with Crippen molar-refractivity contribution >= 4 is 24.1 Å². The van der Waals surface area contributed by atoms with Crippen LogP contribution in [0.15, 0.2) is 73.3 Å². The number of carbonyl (C=O) groups excluding carboxylic acids is 1. The molecule has 4 aromatic rings. The van der Waals surface area contributed by atoms with Gasteiger partial charge in [0.2, 0.25) is 5.95 Å². The second-order valence-electron chi connectivity index (χ2n) is 9.44. The minimum Gasteiger partial charge on any atom is -0.387 e. The van der Waals surface area contributed by atoms with E-state index in [1.54, 1.807) is 24.8 Å². The highest BCUT2D eigenvalue weighted by Gasteiger charge is 2.22. The number of anilines is 3. The molecule has 1 atom stereocenters. The third-order valence-electron chi connectivity index (χ3n) is 6.60. The lowest BCUT2D eigenvalue weighted by molar-refractivity contribution is -0.0979. The van der Waals surface area contributed by atoms with Gasteiger partial charge in [0.25, 0.3) is 0 Å². The van der Waals surface area contributed by atoms with Gasteiger partial charge in [-0.3, -0.25) is 9.97 Å². The summed E-state index contributed by atoms with van der Waals surface area (Å²) in [6, 6.07) is 16.8. The highest BCUT2D eigenvalue weighted by Crippen LogP contribution is 2.27. The van der Waals surface area contributed by atoms with Crippen molar-refractivity contribution in [2.75, 3.05) is 37.3 Å². The van der Waals surface area contributed by atoms with E-state index in [1.807, 2.05) is 45.0 Å². The molecule has 0 bridgehead atoms. The molecule has 2 N–H and O–H groups in total. The number of hydrogen-bond acceptors (Lipinski definition) is 8. The molecule has 4 heterocycles. The molecule has 39 heavy (non-hydrogen) atoms. The number of likely N-dealkylation sites (tertiary alicyclic amines) is 1. The van der Waals surface area contributed by atoms with Gasteiger partial charge in [0, 0.05) is 37.7 Å². The van der Waals surface area contributed by atoms with Crippen LogP contribution in [0.4, 0.5) is 17.3 Å². The Bertz CT molecular complexity index is 1280. The lowest BCUT2D eigenvalue weighted by atomic mass is 9.98. The summed E-state index contributed by atoms with van der Waals surface area (Å²) in [5.41, 5.74) is 7.34. The first-order valence-electron chi connectivity index (χ1n) is 13.3. The van der Waals surface area contributed by atoms with E-state index in [9.17, 15) is 0 Å². The van der Waals surface area contributed by atoms with Crippen molar-refractivity contribution in [3.63, 3.8) is 0 Å². The summed E-state index contributed by atoms with van der Waals surface area (Å²) in [7, 11) is 1.86. The van der Waals surface area contributed by atoms with E-state index in [0.29, 0.717) is 5.95 Å². The van der Waals surface area contributed by atoms with Crippen LogP contribution in [-0.2, 0) is 4.79 Å². The molecule has 204 valence electrons. The number of aryl methyl sites for hydroxylation is 2. The predicted molar refractivity (Wildman–Crippen MR) is 159 cm³/mol. The van der Waals surface area contributed by atoms with Crippen molar-refractivity contribution in [3.8, 4) is 11.3 Å². The molecular formula is C31H39N7O. The van der Waals surface area contributed by atoms with Crippen molar-refractivity contribution < 1.29 is 4.79 Å². The van der Waals surface area contributed by atoms with Crippen molar-refractivity contribution in [2.45, 2.75) is 39.5 Å². The Labute approximate surface area is 232 Å². The lowest BCUT2D eigenvalue weighted by Gasteiger charge is -2.14. The number of hydrogen-bond donors (Lipinski definition) is 2. The van der Waals surface area contributed by atoms with Crippen LogP contribution >= 0.6 is 0 Å². The quantitative estimate of drug-likeness (QED) is 0.302. The summed E-state index contributed by atoms with van der Waals surface area (Å²) in [6.07, 6.45) is 9.64. The average Bonchev–Trinajstić information content (AvgIpc) is 3.45. The smallest absolute Gasteiger partial charge is 0.227 e. The number of nitrogens with one attached hydrogen (secondary N) is 2. The van der Waals surface area contributed by atoms with Crippen LogP contribution < -0.4 is 10.6 Å². The summed E-state index contributed by atoms with van der Waals surface area (Å²) >= 11 is 0. The topological polar surface area (TPSA) is 95.9 Å². The fraction of sp³-hybridized carbons (Fsp3) is 0.323. The SMILES string of the molecule is C=O.CCCN1CCC(c2ccc(C)cc2)C1.CNc1cnc(C)c(Nc2nccc(-c3cccnc3)n2)c1. The maximum absolute atomic E-state index is 8.00. The number of carbonyl (C=O) groups is 1. The van der Waals surface area contributed by atoms with Crippen molar-refractivity contribution in [1.29, 1.82) is 0 Å². The Morgan fingerprint density at radius 3 is 2.51 bits per heavy atom. The molecule has 5 rings (SSSR count). The first-order chi connectivity index (χ1) is 19.1. The summed E-state index contributed by atoms with van der Waals surface area (Å²) in [5, 5.41) is 6.28. The minimum atomic E-state index is 0.527. The third kappa shape index (κ3) is 8.68. The first-order valence-corrected chi connectivity index (χ1v) is 13.3. The van der Waals surface area contributed by atoms with Gasteiger partial charge in [-0.15, -0.1) is 0 Å². The second-order valence-corrected chi connectivity index (χ2v) is 9.44. The highest BCUT2D eigenvalue weighted by atomic mass is 16.1. The molecule has 0 saturated carbocycles. The molecule has 0 radical (unpaired) electrons. The summed E-state index contributed by atoms with van der Waals surface area (Å²) in [4.78, 5) is 27.8. The molecule has 1 fully saturated rings. The third-order valence-corrected chi connectivity index (χ3v) is 6.60. The van der Waals surface area contributed by atoms with Gasteiger partial charge in [-0.1, -0.05) is 36.8 Å². The standard InChI is InChI=1S/C16H16N6.C14H21N.CH2O/c1-11-15(8-13(17-2)10-20-11)22-16-19-7-5-14(21-16)12-4-3-6-18-9-12;1-3-9-15-10-8-14(11-15)13-6-4-12(2)5-7-13;1-2/h3-10,17H,1-2H3,(H,19,21,22);4-7,14H,3,8-11H2,1-2H3;1H2. The van der Waals surface area contributed by atoms with Crippen LogP contribution in [0.2, 0.25) is 0 Å². The number of nitrogens with zero attached hydrogens (tertiary/aromatic N) is 5. The Hall–Kier alpha value is -4.17. The Morgan fingerprint density at radius 2 is 1.82 bits per heavy atom. The van der Waals surface area contributed by atoms with Crippen LogP contribution in [0, 0.1) is 13.8 Å². The van der Waals surface area contributed by atoms with Crippen LogP contribution in [0.1, 0.15) is 42.5 Å². The Morgan fingerprint density at radius 1 is 1.03 bits per heavy atom. The van der Waals surface area contributed by atoms with E-state index in [1.165, 1.54) is 43.6 Å². The van der Waals surface area contributed by atoms with Crippen LogP contribution in [0.5, 0.6) is 0 Å². The molecule has 1 saturated heterocycles. The van der Waals surface area contributed by atoms with Gasteiger partial charge >= 0.3 is 0 Å². The number of benzene rings is 1. The second kappa shape index (κ2) is 15.3. The van der Waals surface area contributed by atoms with Gasteiger partial charge < -0.3 is 20.3 Å². The minimum absolute atomic E-state index is 0.527. The van der Waals surface area contributed by atoms with E-state index in [-0.39, 0.29) is 0 Å². The maximum atomic E-state index is 8.00. The average molecular weight is 526 g/mol. The first kappa shape index (κ1) is 29.4. The fourth-order valence-electron chi connectivity index (χ4n) is 4.47. The molecule has 0 amide bonds. The van der Waals surface area contributed by atoms with Crippen LogP contribution in [0.25, 0.3) is 11.3 Å². The normalized spacial score (nSPS) is 14.4. The zero-order valence-electron chi connectivity index (χ0n) is 23.4.